The molecule has 0 aliphatic carbocycles. The van der Waals surface area contributed by atoms with Crippen molar-refractivity contribution in [2.45, 2.75) is 6.92 Å². The zero-order chi connectivity index (χ0) is 12.0. The highest BCUT2D eigenvalue weighted by molar-refractivity contribution is 6.31. The Morgan fingerprint density at radius 3 is 2.71 bits per heavy atom. The van der Waals surface area contributed by atoms with Crippen LogP contribution in [0.3, 0.4) is 0 Å². The molecule has 0 radical (unpaired) electrons. The molecule has 0 heterocycles. The average Bonchev–Trinajstić information content (AvgIpc) is 2.28. The van der Waals surface area contributed by atoms with E-state index in [2.05, 4.69) is 10.6 Å². The minimum atomic E-state index is -0.522. The summed E-state index contributed by atoms with van der Waals surface area (Å²) in [7, 11) is 0. The fourth-order valence-electron chi connectivity index (χ4n) is 1.18. The zero-order valence-electron chi connectivity index (χ0n) is 9.43. The van der Waals surface area contributed by atoms with Crippen molar-refractivity contribution in [1.82, 2.24) is 10.6 Å². The van der Waals surface area contributed by atoms with Gasteiger partial charge in [0.25, 0.3) is 5.91 Å². The molecule has 17 heavy (non-hydrogen) atoms. The van der Waals surface area contributed by atoms with Gasteiger partial charge in [-0.25, -0.2) is 4.39 Å². The first-order chi connectivity index (χ1) is 7.65. The molecule has 0 fully saturated rings. The Balaban J connectivity index is 0.00000256. The summed E-state index contributed by atoms with van der Waals surface area (Å²) in [6.07, 6.45) is 0. The number of carbonyl (C=O) groups is 1. The first-order valence-corrected chi connectivity index (χ1v) is 5.47. The molecule has 0 unspecified atom stereocenters. The summed E-state index contributed by atoms with van der Waals surface area (Å²) in [5, 5.41) is 5.73. The lowest BCUT2D eigenvalue weighted by atomic mass is 10.2. The minimum absolute atomic E-state index is 0. The van der Waals surface area contributed by atoms with E-state index in [9.17, 15) is 9.18 Å². The molecule has 0 atom stereocenters. The molecule has 2 N–H and O–H groups in total. The van der Waals surface area contributed by atoms with Gasteiger partial charge in [0.05, 0.1) is 5.02 Å². The molecule has 3 nitrogen and oxygen atoms in total. The van der Waals surface area contributed by atoms with E-state index in [1.165, 1.54) is 18.2 Å². The van der Waals surface area contributed by atoms with Gasteiger partial charge in [-0.3, -0.25) is 4.79 Å². The van der Waals surface area contributed by atoms with Gasteiger partial charge in [-0.2, -0.15) is 0 Å². The maximum absolute atomic E-state index is 12.8. The van der Waals surface area contributed by atoms with E-state index < -0.39 is 5.82 Å². The molecule has 0 saturated heterocycles. The minimum Gasteiger partial charge on any atom is -0.351 e. The topological polar surface area (TPSA) is 41.1 Å². The van der Waals surface area contributed by atoms with Crippen LogP contribution in [0, 0.1) is 5.82 Å². The van der Waals surface area contributed by atoms with Crippen molar-refractivity contribution in [2.24, 2.45) is 0 Å². The number of halogens is 3. The molecule has 0 aliphatic rings. The lowest BCUT2D eigenvalue weighted by Gasteiger charge is -2.06. The molecule has 0 aliphatic heterocycles. The quantitative estimate of drug-likeness (QED) is 0.813. The smallest absolute Gasteiger partial charge is 0.251 e. The Hall–Kier alpha value is -0.840. The molecule has 0 aromatic heterocycles. The van der Waals surface area contributed by atoms with Crippen LogP contribution in [-0.4, -0.2) is 25.5 Å². The third kappa shape index (κ3) is 5.35. The summed E-state index contributed by atoms with van der Waals surface area (Å²) < 4.78 is 12.8. The van der Waals surface area contributed by atoms with E-state index >= 15 is 0 Å². The average molecular weight is 281 g/mol. The summed E-state index contributed by atoms with van der Waals surface area (Å²) in [6.45, 7) is 4.08. The largest absolute Gasteiger partial charge is 0.351 e. The fraction of sp³-hybridized carbons (Fsp3) is 0.364. The second kappa shape index (κ2) is 8.28. The van der Waals surface area contributed by atoms with Gasteiger partial charge >= 0.3 is 0 Å². The van der Waals surface area contributed by atoms with Gasteiger partial charge in [-0.05, 0) is 24.7 Å². The predicted octanol–water partition coefficient (Wildman–Crippen LogP) is 2.24. The van der Waals surface area contributed by atoms with Gasteiger partial charge in [0.2, 0.25) is 0 Å². The van der Waals surface area contributed by atoms with Crippen LogP contribution in [0.4, 0.5) is 4.39 Å². The number of carbonyl (C=O) groups excluding carboxylic acids is 1. The van der Waals surface area contributed by atoms with Crippen LogP contribution >= 0.6 is 24.0 Å². The molecule has 0 bridgehead atoms. The first-order valence-electron chi connectivity index (χ1n) is 5.09. The molecule has 0 saturated carbocycles. The van der Waals surface area contributed by atoms with E-state index in [0.717, 1.165) is 6.54 Å². The Morgan fingerprint density at radius 1 is 1.41 bits per heavy atom. The molecular weight excluding hydrogens is 266 g/mol. The van der Waals surface area contributed by atoms with E-state index in [-0.39, 0.29) is 23.3 Å². The Labute approximate surface area is 111 Å². The normalized spacial score (nSPS) is 9.59. The molecule has 1 aromatic carbocycles. The maximum Gasteiger partial charge on any atom is 0.251 e. The maximum atomic E-state index is 12.8. The van der Waals surface area contributed by atoms with E-state index in [0.29, 0.717) is 18.7 Å². The standard InChI is InChI=1S/C11H14ClFN2O.ClH/c1-2-14-5-6-15-11(16)8-3-4-10(13)9(12)7-8;/h3-4,7,14H,2,5-6H2,1H3,(H,15,16);1H. The number of hydrogen-bond acceptors (Lipinski definition) is 2. The monoisotopic (exact) mass is 280 g/mol. The predicted molar refractivity (Wildman–Crippen MR) is 69.5 cm³/mol. The van der Waals surface area contributed by atoms with Gasteiger partial charge in [0, 0.05) is 18.7 Å². The van der Waals surface area contributed by atoms with Gasteiger partial charge in [-0.15, -0.1) is 12.4 Å². The van der Waals surface area contributed by atoms with Crippen LogP contribution in [0.1, 0.15) is 17.3 Å². The van der Waals surface area contributed by atoms with Crippen LogP contribution < -0.4 is 10.6 Å². The third-order valence-electron chi connectivity index (χ3n) is 2.02. The van der Waals surface area contributed by atoms with E-state index in [1.807, 2.05) is 6.92 Å². The second-order valence-electron chi connectivity index (χ2n) is 3.24. The zero-order valence-corrected chi connectivity index (χ0v) is 11.0. The number of rotatable bonds is 5. The third-order valence-corrected chi connectivity index (χ3v) is 2.31. The van der Waals surface area contributed by atoms with Crippen LogP contribution in [-0.2, 0) is 0 Å². The summed E-state index contributed by atoms with van der Waals surface area (Å²) in [5.74, 6) is -0.773. The van der Waals surface area contributed by atoms with Crippen molar-refractivity contribution in [1.29, 1.82) is 0 Å². The Kier molecular flexibility index (Phi) is 7.87. The van der Waals surface area contributed by atoms with Crippen molar-refractivity contribution in [3.8, 4) is 0 Å². The highest BCUT2D eigenvalue weighted by atomic mass is 35.5. The number of nitrogens with one attached hydrogen (secondary N) is 2. The van der Waals surface area contributed by atoms with Crippen molar-refractivity contribution < 1.29 is 9.18 Å². The van der Waals surface area contributed by atoms with E-state index in [4.69, 9.17) is 11.6 Å². The Bertz CT molecular complexity index is 374. The van der Waals surface area contributed by atoms with Crippen molar-refractivity contribution in [3.05, 3.63) is 34.6 Å². The van der Waals surface area contributed by atoms with Crippen molar-refractivity contribution >= 4 is 29.9 Å². The summed E-state index contributed by atoms with van der Waals surface area (Å²) in [6, 6.07) is 3.91. The lowest BCUT2D eigenvalue weighted by molar-refractivity contribution is 0.0954. The van der Waals surface area contributed by atoms with Gasteiger partial charge < -0.3 is 10.6 Å². The fourth-order valence-corrected chi connectivity index (χ4v) is 1.36. The highest BCUT2D eigenvalue weighted by Gasteiger charge is 2.07. The van der Waals surface area contributed by atoms with Gasteiger partial charge in [0.1, 0.15) is 5.82 Å². The van der Waals surface area contributed by atoms with Crippen LogP contribution in [0.25, 0.3) is 0 Å². The number of benzene rings is 1. The second-order valence-corrected chi connectivity index (χ2v) is 3.65. The molecule has 96 valence electrons. The Morgan fingerprint density at radius 2 is 2.12 bits per heavy atom. The summed E-state index contributed by atoms with van der Waals surface area (Å²) >= 11 is 5.57. The van der Waals surface area contributed by atoms with Crippen molar-refractivity contribution in [3.63, 3.8) is 0 Å². The number of amides is 1. The summed E-state index contributed by atoms with van der Waals surface area (Å²) in [5.41, 5.74) is 0.364. The molecule has 6 heteroatoms. The highest BCUT2D eigenvalue weighted by Crippen LogP contribution is 2.15. The van der Waals surface area contributed by atoms with Gasteiger partial charge in [-0.1, -0.05) is 18.5 Å². The van der Waals surface area contributed by atoms with Crippen molar-refractivity contribution in [2.75, 3.05) is 19.6 Å². The molecule has 0 spiro atoms. The molecule has 1 rings (SSSR count). The first kappa shape index (κ1) is 16.2. The van der Waals surface area contributed by atoms with Crippen LogP contribution in [0.15, 0.2) is 18.2 Å². The molecule has 1 aromatic rings. The summed E-state index contributed by atoms with van der Waals surface area (Å²) in [4.78, 5) is 11.6. The number of hydrogen-bond donors (Lipinski definition) is 2. The number of likely N-dealkylation sites (N-methyl/N-ethyl adjacent to an activating group) is 1. The van der Waals surface area contributed by atoms with Crippen LogP contribution in [0.2, 0.25) is 5.02 Å². The van der Waals surface area contributed by atoms with Gasteiger partial charge in [0.15, 0.2) is 0 Å². The molecule has 1 amide bonds. The van der Waals surface area contributed by atoms with Crippen LogP contribution in [0.5, 0.6) is 0 Å². The lowest BCUT2D eigenvalue weighted by Crippen LogP contribution is -2.31. The SMILES string of the molecule is CCNCCNC(=O)c1ccc(F)c(Cl)c1.Cl. The molecular formula is C11H15Cl2FN2O. The van der Waals surface area contributed by atoms with E-state index in [1.54, 1.807) is 0 Å².